The zero-order valence-corrected chi connectivity index (χ0v) is 17.9. The fourth-order valence-electron chi connectivity index (χ4n) is 4.92. The Morgan fingerprint density at radius 3 is 1.94 bits per heavy atom. The van der Waals surface area contributed by atoms with Crippen LogP contribution in [-0.2, 0) is 14.3 Å². The van der Waals surface area contributed by atoms with Crippen molar-refractivity contribution >= 4 is 23.7 Å². The van der Waals surface area contributed by atoms with Gasteiger partial charge in [-0.1, -0.05) is 6.07 Å². The van der Waals surface area contributed by atoms with E-state index in [0.717, 1.165) is 38.8 Å². The zero-order valence-electron chi connectivity index (χ0n) is 17.9. The molecule has 1 aromatic rings. The van der Waals surface area contributed by atoms with Gasteiger partial charge in [0.15, 0.2) is 0 Å². The average Bonchev–Trinajstić information content (AvgIpc) is 3.57. The van der Waals surface area contributed by atoms with Gasteiger partial charge in [0.05, 0.1) is 7.11 Å². The van der Waals surface area contributed by atoms with E-state index in [1.165, 1.54) is 12.0 Å². The molecule has 0 aromatic heterocycles. The van der Waals surface area contributed by atoms with Gasteiger partial charge in [0, 0.05) is 37.3 Å². The number of nitrogens with zero attached hydrogens (tertiary/aromatic N) is 3. The lowest BCUT2D eigenvalue weighted by molar-refractivity contribution is -0.145. The Balaban J connectivity index is 1.51. The molecule has 3 heterocycles. The normalized spacial score (nSPS) is 23.3. The molecule has 3 aliphatic heterocycles. The van der Waals surface area contributed by atoms with Crippen molar-refractivity contribution < 1.29 is 23.9 Å². The molecule has 0 bridgehead atoms. The summed E-state index contributed by atoms with van der Waals surface area (Å²) >= 11 is 0. The minimum atomic E-state index is -0.585. The topological polar surface area (TPSA) is 87.2 Å². The van der Waals surface area contributed by atoms with Gasteiger partial charge in [-0.05, 0) is 56.7 Å². The molecule has 0 unspecified atom stereocenters. The Labute approximate surface area is 182 Å². The van der Waals surface area contributed by atoms with Gasteiger partial charge in [-0.25, -0.2) is 4.79 Å². The first-order chi connectivity index (χ1) is 15.0. The number of amides is 3. The van der Waals surface area contributed by atoms with E-state index in [4.69, 9.17) is 4.74 Å². The highest BCUT2D eigenvalue weighted by Crippen LogP contribution is 2.25. The average molecular weight is 428 g/mol. The van der Waals surface area contributed by atoms with Crippen molar-refractivity contribution in [1.82, 2.24) is 14.7 Å². The number of ether oxygens (including phenoxy) is 1. The molecule has 0 saturated carbocycles. The molecule has 3 amide bonds. The predicted molar refractivity (Wildman–Crippen MR) is 112 cm³/mol. The molecule has 166 valence electrons. The van der Waals surface area contributed by atoms with Crippen LogP contribution in [0.4, 0.5) is 0 Å². The molecule has 1 aromatic carbocycles. The van der Waals surface area contributed by atoms with Gasteiger partial charge in [0.25, 0.3) is 11.8 Å². The van der Waals surface area contributed by atoms with Crippen molar-refractivity contribution in [2.45, 2.75) is 50.6 Å². The maximum Gasteiger partial charge on any atom is 0.328 e. The number of methoxy groups -OCH3 is 1. The van der Waals surface area contributed by atoms with Gasteiger partial charge >= 0.3 is 5.97 Å². The Morgan fingerprint density at radius 2 is 1.35 bits per heavy atom. The number of carbonyl (C=O) groups excluding carboxylic acids is 4. The number of likely N-dealkylation sites (tertiary alicyclic amines) is 3. The summed E-state index contributed by atoms with van der Waals surface area (Å²) in [4.78, 5) is 56.2. The van der Waals surface area contributed by atoms with Crippen molar-refractivity contribution in [2.75, 3.05) is 33.3 Å². The van der Waals surface area contributed by atoms with Crippen LogP contribution in [0.3, 0.4) is 0 Å². The number of hydrogen-bond donors (Lipinski definition) is 0. The van der Waals surface area contributed by atoms with E-state index in [-0.39, 0.29) is 17.7 Å². The van der Waals surface area contributed by atoms with Crippen molar-refractivity contribution in [3.05, 3.63) is 35.4 Å². The molecule has 4 rings (SSSR count). The highest BCUT2D eigenvalue weighted by Gasteiger charge is 2.38. The molecule has 3 saturated heterocycles. The number of hydrogen-bond acceptors (Lipinski definition) is 5. The van der Waals surface area contributed by atoms with E-state index >= 15 is 0 Å². The third kappa shape index (κ3) is 4.16. The van der Waals surface area contributed by atoms with Crippen LogP contribution in [0.15, 0.2) is 24.3 Å². The van der Waals surface area contributed by atoms with E-state index in [0.29, 0.717) is 37.1 Å². The second-order valence-electron chi connectivity index (χ2n) is 8.45. The molecule has 8 nitrogen and oxygen atoms in total. The summed E-state index contributed by atoms with van der Waals surface area (Å²) in [6.45, 7) is 2.55. The smallest absolute Gasteiger partial charge is 0.328 e. The summed E-state index contributed by atoms with van der Waals surface area (Å²) in [6, 6.07) is 5.58. The predicted octanol–water partition coefficient (Wildman–Crippen LogP) is 1.69. The van der Waals surface area contributed by atoms with Crippen LogP contribution < -0.4 is 0 Å². The lowest BCUT2D eigenvalue weighted by Gasteiger charge is -2.28. The first-order valence-corrected chi connectivity index (χ1v) is 11.1. The molecular formula is C23H29N3O5. The molecular weight excluding hydrogens is 398 g/mol. The minimum absolute atomic E-state index is 0.0357. The van der Waals surface area contributed by atoms with Gasteiger partial charge in [0.1, 0.15) is 12.1 Å². The van der Waals surface area contributed by atoms with E-state index in [2.05, 4.69) is 0 Å². The molecule has 31 heavy (non-hydrogen) atoms. The maximum atomic E-state index is 13.2. The lowest BCUT2D eigenvalue weighted by atomic mass is 10.1. The summed E-state index contributed by atoms with van der Waals surface area (Å²) in [5.74, 6) is -0.892. The largest absolute Gasteiger partial charge is 0.467 e. The van der Waals surface area contributed by atoms with Crippen LogP contribution >= 0.6 is 0 Å². The number of benzene rings is 1. The first kappa shape index (κ1) is 21.3. The van der Waals surface area contributed by atoms with Gasteiger partial charge in [-0.2, -0.15) is 0 Å². The van der Waals surface area contributed by atoms with Crippen molar-refractivity contribution in [3.8, 4) is 0 Å². The maximum absolute atomic E-state index is 13.2. The third-order valence-corrected chi connectivity index (χ3v) is 6.56. The first-order valence-electron chi connectivity index (χ1n) is 11.1. The summed E-state index contributed by atoms with van der Waals surface area (Å²) in [5.41, 5.74) is 0.754. The van der Waals surface area contributed by atoms with Gasteiger partial charge < -0.3 is 19.4 Å². The van der Waals surface area contributed by atoms with Crippen molar-refractivity contribution in [3.63, 3.8) is 0 Å². The van der Waals surface area contributed by atoms with E-state index in [9.17, 15) is 19.2 Å². The Kier molecular flexibility index (Phi) is 6.25. The van der Waals surface area contributed by atoms with Crippen molar-refractivity contribution in [2.24, 2.45) is 0 Å². The Morgan fingerprint density at radius 1 is 0.806 bits per heavy atom. The quantitative estimate of drug-likeness (QED) is 0.683. The third-order valence-electron chi connectivity index (χ3n) is 6.56. The monoisotopic (exact) mass is 427 g/mol. The van der Waals surface area contributed by atoms with Crippen molar-refractivity contribution in [1.29, 1.82) is 0 Å². The number of esters is 1. The molecule has 0 radical (unpaired) electrons. The summed E-state index contributed by atoms with van der Waals surface area (Å²) in [5, 5.41) is 0. The SMILES string of the molecule is COC(=O)[C@@H]1CCCN1C(=O)c1cccc(C(=O)N2CCC[C@H]2C(=O)N2CCCC2)c1. The molecule has 3 fully saturated rings. The highest BCUT2D eigenvalue weighted by atomic mass is 16.5. The van der Waals surface area contributed by atoms with Gasteiger partial charge in [-0.15, -0.1) is 0 Å². The molecule has 0 spiro atoms. The molecule has 8 heteroatoms. The zero-order chi connectivity index (χ0) is 22.0. The molecule has 3 aliphatic rings. The fraction of sp³-hybridized carbons (Fsp3) is 0.565. The molecule has 2 atom stereocenters. The second-order valence-corrected chi connectivity index (χ2v) is 8.45. The number of carbonyl (C=O) groups is 4. The van der Waals surface area contributed by atoms with Crippen LogP contribution in [0.1, 0.15) is 59.2 Å². The summed E-state index contributed by atoms with van der Waals surface area (Å²) in [6.07, 6.45) is 4.81. The minimum Gasteiger partial charge on any atom is -0.467 e. The van der Waals surface area contributed by atoms with Crippen LogP contribution in [0.5, 0.6) is 0 Å². The van der Waals surface area contributed by atoms with Crippen LogP contribution in [0.25, 0.3) is 0 Å². The molecule has 0 N–H and O–H groups in total. The summed E-state index contributed by atoms with van der Waals surface area (Å²) < 4.78 is 4.83. The highest BCUT2D eigenvalue weighted by molar-refractivity contribution is 6.02. The van der Waals surface area contributed by atoms with Crippen LogP contribution in [0, 0.1) is 0 Å². The van der Waals surface area contributed by atoms with E-state index < -0.39 is 18.1 Å². The van der Waals surface area contributed by atoms with E-state index in [1.807, 2.05) is 4.90 Å². The van der Waals surface area contributed by atoms with Crippen LogP contribution in [0.2, 0.25) is 0 Å². The second kappa shape index (κ2) is 9.08. The molecule has 0 aliphatic carbocycles. The summed E-state index contributed by atoms with van der Waals surface area (Å²) in [7, 11) is 1.32. The van der Waals surface area contributed by atoms with E-state index in [1.54, 1.807) is 29.2 Å². The lowest BCUT2D eigenvalue weighted by Crippen LogP contribution is -2.47. The van der Waals surface area contributed by atoms with Gasteiger partial charge in [0.2, 0.25) is 5.91 Å². The number of rotatable bonds is 4. The fourth-order valence-corrected chi connectivity index (χ4v) is 4.92. The Bertz CT molecular complexity index is 880. The Hall–Kier alpha value is -2.90. The standard InChI is InChI=1S/C23H29N3O5/c1-31-23(30)19-10-6-14-26(19)21(28)17-8-4-7-16(15-17)20(27)25-13-5-9-18(25)22(29)24-11-2-3-12-24/h4,7-8,15,18-19H,2-3,5-6,9-14H2,1H3/t18-,19-/m0/s1. The van der Waals surface area contributed by atoms with Crippen LogP contribution in [-0.4, -0.2) is 83.8 Å². The van der Waals surface area contributed by atoms with Gasteiger partial charge in [-0.3, -0.25) is 14.4 Å².